The molecule has 10 aromatic carbocycles. The maximum Gasteiger partial charge on any atom is 0.0701 e. The Kier molecular flexibility index (Phi) is 9.61. The lowest BCUT2D eigenvalue weighted by molar-refractivity contribution is 0.550. The van der Waals surface area contributed by atoms with Crippen LogP contribution in [0.4, 0.5) is 17.1 Å². The summed E-state index contributed by atoms with van der Waals surface area (Å²) in [4.78, 5) is 2.48. The zero-order chi connectivity index (χ0) is 45.1. The van der Waals surface area contributed by atoms with E-state index in [4.69, 9.17) is 0 Å². The fraction of sp³-hybridized carbons (Fsp3) is 0.0909. The SMILES string of the molecule is c1ccc(-n2c3ccccc3c3cc(-c4ccc(N(c5ccc(C(c6ccccc6)(c6ccccc6)c6ccccc6)cc5)c5ccc6c(c5)C5(CCCC5)c5ccccc5-6)cc4)ccc32)cc1. The Morgan fingerprint density at radius 1 is 0.353 bits per heavy atom. The van der Waals surface area contributed by atoms with E-state index in [1.807, 2.05) is 0 Å². The second kappa shape index (κ2) is 16.3. The van der Waals surface area contributed by atoms with Crippen LogP contribution in [0, 0.1) is 0 Å². The molecule has 1 heterocycles. The number of fused-ring (bicyclic) bond motifs is 8. The van der Waals surface area contributed by atoms with Gasteiger partial charge in [-0.15, -0.1) is 0 Å². The average Bonchev–Trinajstić information content (AvgIpc) is 4.12. The van der Waals surface area contributed by atoms with Crippen molar-refractivity contribution in [3.63, 3.8) is 0 Å². The van der Waals surface area contributed by atoms with E-state index < -0.39 is 5.41 Å². The summed E-state index contributed by atoms with van der Waals surface area (Å²) in [6.07, 6.45) is 4.90. The lowest BCUT2D eigenvalue weighted by Gasteiger charge is -2.37. The number of hydrogen-bond donors (Lipinski definition) is 0. The van der Waals surface area contributed by atoms with Crippen LogP contribution in [0.15, 0.2) is 255 Å². The van der Waals surface area contributed by atoms with Crippen LogP contribution in [0.2, 0.25) is 0 Å². The van der Waals surface area contributed by atoms with Crippen LogP contribution in [-0.2, 0) is 10.8 Å². The lowest BCUT2D eigenvalue weighted by atomic mass is 9.65. The van der Waals surface area contributed by atoms with Crippen LogP contribution in [0.3, 0.4) is 0 Å². The fourth-order valence-corrected chi connectivity index (χ4v) is 12.3. The predicted molar refractivity (Wildman–Crippen MR) is 284 cm³/mol. The molecule has 0 atom stereocenters. The Morgan fingerprint density at radius 3 is 1.49 bits per heavy atom. The molecule has 1 spiro atoms. The summed E-state index contributed by atoms with van der Waals surface area (Å²) in [6.45, 7) is 0. The molecule has 2 heteroatoms. The van der Waals surface area contributed by atoms with Gasteiger partial charge >= 0.3 is 0 Å². The van der Waals surface area contributed by atoms with Gasteiger partial charge in [0.25, 0.3) is 0 Å². The van der Waals surface area contributed by atoms with E-state index in [1.54, 1.807) is 0 Å². The molecule has 0 saturated heterocycles. The van der Waals surface area contributed by atoms with Crippen LogP contribution in [0.5, 0.6) is 0 Å². The summed E-state index contributed by atoms with van der Waals surface area (Å²) in [7, 11) is 0. The summed E-state index contributed by atoms with van der Waals surface area (Å²) < 4.78 is 2.38. The van der Waals surface area contributed by atoms with Crippen LogP contribution in [-0.4, -0.2) is 4.57 Å². The van der Waals surface area contributed by atoms with E-state index in [-0.39, 0.29) is 5.41 Å². The number of nitrogens with zero attached hydrogens (tertiary/aromatic N) is 2. The molecule has 2 nitrogen and oxygen atoms in total. The highest BCUT2D eigenvalue weighted by molar-refractivity contribution is 6.10. The average molecular weight is 871 g/mol. The number of anilines is 3. The lowest BCUT2D eigenvalue weighted by Crippen LogP contribution is -2.31. The molecule has 13 rings (SSSR count). The Morgan fingerprint density at radius 2 is 0.838 bits per heavy atom. The summed E-state index contributed by atoms with van der Waals surface area (Å²) in [5, 5.41) is 2.51. The first-order chi connectivity index (χ1) is 33.7. The Hall–Kier alpha value is -8.20. The molecule has 2 aliphatic rings. The van der Waals surface area contributed by atoms with Crippen molar-refractivity contribution in [1.29, 1.82) is 0 Å². The van der Waals surface area contributed by atoms with Crippen molar-refractivity contribution in [2.75, 3.05) is 4.90 Å². The molecule has 1 saturated carbocycles. The number of benzene rings is 10. The zero-order valence-corrected chi connectivity index (χ0v) is 38.0. The van der Waals surface area contributed by atoms with Gasteiger partial charge in [0.1, 0.15) is 0 Å². The molecule has 0 aliphatic heterocycles. The van der Waals surface area contributed by atoms with Crippen molar-refractivity contribution in [3.05, 3.63) is 288 Å². The molecule has 0 radical (unpaired) electrons. The van der Waals surface area contributed by atoms with Gasteiger partial charge in [0.05, 0.1) is 16.4 Å². The normalized spacial score (nSPS) is 13.8. The van der Waals surface area contributed by atoms with Crippen LogP contribution >= 0.6 is 0 Å². The highest BCUT2D eigenvalue weighted by atomic mass is 15.1. The molecule has 1 fully saturated rings. The van der Waals surface area contributed by atoms with Crippen LogP contribution < -0.4 is 4.90 Å². The molecule has 2 aliphatic carbocycles. The Bertz CT molecular complexity index is 3490. The van der Waals surface area contributed by atoms with Crippen molar-refractivity contribution in [1.82, 2.24) is 4.57 Å². The van der Waals surface area contributed by atoms with Gasteiger partial charge in [-0.25, -0.2) is 0 Å². The molecule has 0 amide bonds. The molecule has 68 heavy (non-hydrogen) atoms. The minimum Gasteiger partial charge on any atom is -0.310 e. The highest BCUT2D eigenvalue weighted by Gasteiger charge is 2.45. The van der Waals surface area contributed by atoms with Gasteiger partial charge in [0.15, 0.2) is 0 Å². The van der Waals surface area contributed by atoms with Gasteiger partial charge < -0.3 is 9.47 Å². The quantitative estimate of drug-likeness (QED) is 0.131. The molecule has 1 aromatic heterocycles. The smallest absolute Gasteiger partial charge is 0.0701 e. The van der Waals surface area contributed by atoms with Gasteiger partial charge in [-0.2, -0.15) is 0 Å². The maximum absolute atomic E-state index is 2.53. The minimum atomic E-state index is -0.530. The number of hydrogen-bond acceptors (Lipinski definition) is 1. The minimum absolute atomic E-state index is 0.0598. The summed E-state index contributed by atoms with van der Waals surface area (Å²) in [5.41, 5.74) is 19.6. The molecular weight excluding hydrogens is 821 g/mol. The van der Waals surface area contributed by atoms with Gasteiger partial charge in [-0.3, -0.25) is 0 Å². The fourth-order valence-electron chi connectivity index (χ4n) is 12.3. The summed E-state index contributed by atoms with van der Waals surface area (Å²) >= 11 is 0. The number of rotatable bonds is 9. The number of aromatic nitrogens is 1. The second-order valence-electron chi connectivity index (χ2n) is 18.8. The maximum atomic E-state index is 2.53. The van der Waals surface area contributed by atoms with Crippen molar-refractivity contribution >= 4 is 38.9 Å². The monoisotopic (exact) mass is 870 g/mol. The molecule has 324 valence electrons. The standard InChI is InChI=1S/C66H50N2/c1-5-19-49(20-6-1)66(50-21-7-2-8-22-50,51-23-9-3-10-24-51)52-34-38-55(39-35-52)67(56-40-41-58-57-27-13-15-29-61(57)65(62(58)46-56)43-17-18-44-65)54-36-31-47(32-37-54)48-33-42-64-60(45-48)59-28-14-16-30-63(59)68(64)53-25-11-4-12-26-53/h1-16,19-42,45-46H,17-18,43-44H2. The van der Waals surface area contributed by atoms with Gasteiger partial charge in [0.2, 0.25) is 0 Å². The zero-order valence-electron chi connectivity index (χ0n) is 38.0. The first-order valence-corrected chi connectivity index (χ1v) is 24.2. The molecule has 0 unspecified atom stereocenters. The third-order valence-electron chi connectivity index (χ3n) is 15.3. The topological polar surface area (TPSA) is 8.17 Å². The predicted octanol–water partition coefficient (Wildman–Crippen LogP) is 17.1. The largest absolute Gasteiger partial charge is 0.310 e. The summed E-state index contributed by atoms with van der Waals surface area (Å²) in [6, 6.07) is 94.6. The van der Waals surface area contributed by atoms with E-state index >= 15 is 0 Å². The first kappa shape index (κ1) is 40.1. The third kappa shape index (κ3) is 6.25. The third-order valence-corrected chi connectivity index (χ3v) is 15.3. The molecular formula is C66H50N2. The molecule has 0 N–H and O–H groups in total. The van der Waals surface area contributed by atoms with Crippen molar-refractivity contribution in [2.24, 2.45) is 0 Å². The Labute approximate surface area is 399 Å². The van der Waals surface area contributed by atoms with E-state index in [2.05, 4.69) is 264 Å². The van der Waals surface area contributed by atoms with Gasteiger partial charge in [0, 0.05) is 38.9 Å². The highest BCUT2D eigenvalue weighted by Crippen LogP contribution is 2.58. The second-order valence-corrected chi connectivity index (χ2v) is 18.8. The van der Waals surface area contributed by atoms with Gasteiger partial charge in [-0.05, 0) is 135 Å². The van der Waals surface area contributed by atoms with Crippen LogP contribution in [0.1, 0.15) is 59.1 Å². The van der Waals surface area contributed by atoms with E-state index in [0.717, 1.165) is 11.4 Å². The van der Waals surface area contributed by atoms with E-state index in [9.17, 15) is 0 Å². The van der Waals surface area contributed by atoms with Crippen molar-refractivity contribution in [3.8, 4) is 27.9 Å². The molecule has 0 bridgehead atoms. The first-order valence-electron chi connectivity index (χ1n) is 24.2. The van der Waals surface area contributed by atoms with Gasteiger partial charge in [-0.1, -0.05) is 201 Å². The summed E-state index contributed by atoms with van der Waals surface area (Å²) in [5.74, 6) is 0. The van der Waals surface area contributed by atoms with Crippen LogP contribution in [0.25, 0.3) is 49.7 Å². The van der Waals surface area contributed by atoms with Crippen molar-refractivity contribution < 1.29 is 0 Å². The number of para-hydroxylation sites is 2. The van der Waals surface area contributed by atoms with Crippen molar-refractivity contribution in [2.45, 2.75) is 36.5 Å². The van der Waals surface area contributed by atoms with E-state index in [0.29, 0.717) is 0 Å². The Balaban J connectivity index is 0.957. The molecule has 11 aromatic rings. The van der Waals surface area contributed by atoms with E-state index in [1.165, 1.54) is 114 Å².